The molecule has 1 aromatic rings. The molecule has 114 valence electrons. The van der Waals surface area contributed by atoms with Crippen LogP contribution in [0.3, 0.4) is 0 Å². The molecule has 0 N–H and O–H groups in total. The summed E-state index contributed by atoms with van der Waals surface area (Å²) in [6, 6.07) is 5.88. The third kappa shape index (κ3) is 6.14. The molecule has 0 atom stereocenters. The number of rotatable bonds is 10. The van der Waals surface area contributed by atoms with E-state index in [1.165, 1.54) is 0 Å². The number of pyridine rings is 1. The molecule has 0 saturated heterocycles. The van der Waals surface area contributed by atoms with Crippen molar-refractivity contribution in [2.24, 2.45) is 0 Å². The minimum Gasteiger partial charge on any atom is -0.308 e. The summed E-state index contributed by atoms with van der Waals surface area (Å²) >= 11 is 0. The smallest absolute Gasteiger partial charge is 0.308 e. The number of nitrogens with zero attached hydrogens (tertiary/aromatic N) is 2. The van der Waals surface area contributed by atoms with Gasteiger partial charge in [-0.1, -0.05) is 13.0 Å². The van der Waals surface area contributed by atoms with Gasteiger partial charge < -0.3 is 9.05 Å². The Balaban J connectivity index is 2.54. The summed E-state index contributed by atoms with van der Waals surface area (Å²) < 4.78 is 23.2. The lowest BCUT2D eigenvalue weighted by Gasteiger charge is -2.25. The van der Waals surface area contributed by atoms with Gasteiger partial charge >= 0.3 is 7.60 Å². The maximum atomic E-state index is 12.5. The standard InChI is InChI=1S/C14H25N2O3P/c1-4-16(12-10-14-9-7-8-11-15-14)13-20(17,18-5-2)19-6-3/h7-9,11H,4-6,10,12-13H2,1-3H3. The quantitative estimate of drug-likeness (QED) is 0.621. The van der Waals surface area contributed by atoms with Gasteiger partial charge in [-0.3, -0.25) is 14.4 Å². The summed E-state index contributed by atoms with van der Waals surface area (Å²) in [5.41, 5.74) is 1.04. The summed E-state index contributed by atoms with van der Waals surface area (Å²) in [6.07, 6.45) is 2.95. The number of likely N-dealkylation sites (N-methyl/N-ethyl adjacent to an activating group) is 1. The molecule has 1 rings (SSSR count). The van der Waals surface area contributed by atoms with Gasteiger partial charge in [0.2, 0.25) is 0 Å². The van der Waals surface area contributed by atoms with E-state index in [0.717, 1.165) is 25.2 Å². The molecule has 1 aromatic heterocycles. The Labute approximate surface area is 121 Å². The second-order valence-electron chi connectivity index (χ2n) is 4.37. The van der Waals surface area contributed by atoms with Gasteiger partial charge in [0.15, 0.2) is 0 Å². The van der Waals surface area contributed by atoms with Crippen molar-refractivity contribution in [3.63, 3.8) is 0 Å². The van der Waals surface area contributed by atoms with Crippen molar-refractivity contribution in [2.45, 2.75) is 27.2 Å². The van der Waals surface area contributed by atoms with E-state index in [1.54, 1.807) is 6.20 Å². The van der Waals surface area contributed by atoms with Crippen LogP contribution < -0.4 is 0 Å². The van der Waals surface area contributed by atoms with E-state index in [1.807, 2.05) is 39.0 Å². The largest absolute Gasteiger partial charge is 0.344 e. The lowest BCUT2D eigenvalue weighted by Crippen LogP contribution is -2.28. The van der Waals surface area contributed by atoms with Crippen molar-refractivity contribution in [2.75, 3.05) is 32.6 Å². The van der Waals surface area contributed by atoms with Gasteiger partial charge in [-0.15, -0.1) is 0 Å². The normalized spacial score (nSPS) is 12.0. The van der Waals surface area contributed by atoms with Crippen molar-refractivity contribution < 1.29 is 13.6 Å². The molecule has 0 bridgehead atoms. The zero-order valence-corrected chi connectivity index (χ0v) is 13.5. The number of aromatic nitrogens is 1. The van der Waals surface area contributed by atoms with Gasteiger partial charge in [0.1, 0.15) is 6.29 Å². The van der Waals surface area contributed by atoms with Crippen molar-refractivity contribution in [1.29, 1.82) is 0 Å². The van der Waals surface area contributed by atoms with E-state index in [2.05, 4.69) is 9.88 Å². The molecule has 1 heterocycles. The molecule has 0 amide bonds. The molecule has 0 unspecified atom stereocenters. The summed E-state index contributed by atoms with van der Waals surface area (Å²) in [6.45, 7) is 8.09. The van der Waals surface area contributed by atoms with Crippen LogP contribution in [-0.4, -0.2) is 42.5 Å². The molecule has 6 heteroatoms. The first-order valence-corrected chi connectivity index (χ1v) is 8.86. The Bertz CT molecular complexity index is 404. The summed E-state index contributed by atoms with van der Waals surface area (Å²) in [5, 5.41) is 0. The van der Waals surface area contributed by atoms with Crippen LogP contribution in [0.15, 0.2) is 24.4 Å². The first-order valence-electron chi connectivity index (χ1n) is 7.14. The number of hydrogen-bond acceptors (Lipinski definition) is 5. The lowest BCUT2D eigenvalue weighted by atomic mass is 10.2. The Morgan fingerprint density at radius 2 is 1.90 bits per heavy atom. The molecule has 0 aliphatic rings. The van der Waals surface area contributed by atoms with E-state index >= 15 is 0 Å². The number of hydrogen-bond donors (Lipinski definition) is 0. The van der Waals surface area contributed by atoms with E-state index in [4.69, 9.17) is 9.05 Å². The predicted octanol–water partition coefficient (Wildman–Crippen LogP) is 3.17. The van der Waals surface area contributed by atoms with E-state index < -0.39 is 7.60 Å². The summed E-state index contributed by atoms with van der Waals surface area (Å²) in [5.74, 6) is 0. The molecular formula is C14H25N2O3P. The maximum absolute atomic E-state index is 12.5. The third-order valence-electron chi connectivity index (χ3n) is 2.88. The molecular weight excluding hydrogens is 275 g/mol. The highest BCUT2D eigenvalue weighted by atomic mass is 31.2. The predicted molar refractivity (Wildman–Crippen MR) is 80.9 cm³/mol. The molecule has 0 aliphatic heterocycles. The SMILES string of the molecule is CCOP(=O)(CN(CC)CCc1ccccn1)OCC. The topological polar surface area (TPSA) is 51.7 Å². The molecule has 0 fully saturated rings. The van der Waals surface area contributed by atoms with Gasteiger partial charge in [0, 0.05) is 24.9 Å². The first-order chi connectivity index (χ1) is 9.63. The zero-order valence-electron chi connectivity index (χ0n) is 12.6. The molecule has 0 saturated carbocycles. The summed E-state index contributed by atoms with van der Waals surface area (Å²) in [7, 11) is -3.01. The van der Waals surface area contributed by atoms with E-state index in [9.17, 15) is 4.57 Å². The Hall–Kier alpha value is -0.740. The minimum atomic E-state index is -3.01. The molecule has 0 spiro atoms. The third-order valence-corrected chi connectivity index (χ3v) is 4.93. The van der Waals surface area contributed by atoms with Gasteiger partial charge in [-0.2, -0.15) is 0 Å². The van der Waals surface area contributed by atoms with Gasteiger partial charge in [-0.25, -0.2) is 0 Å². The fourth-order valence-electron chi connectivity index (χ4n) is 1.90. The second-order valence-corrected chi connectivity index (χ2v) is 6.39. The molecule has 5 nitrogen and oxygen atoms in total. The average molecular weight is 300 g/mol. The molecule has 0 aromatic carbocycles. The second kappa shape index (κ2) is 9.24. The summed E-state index contributed by atoms with van der Waals surface area (Å²) in [4.78, 5) is 6.38. The fourth-order valence-corrected chi connectivity index (χ4v) is 3.76. The van der Waals surface area contributed by atoms with Crippen LogP contribution in [0.4, 0.5) is 0 Å². The Morgan fingerprint density at radius 1 is 1.20 bits per heavy atom. The van der Waals surface area contributed by atoms with Crippen molar-refractivity contribution in [3.8, 4) is 0 Å². The van der Waals surface area contributed by atoms with Crippen LogP contribution in [-0.2, 0) is 20.0 Å². The highest BCUT2D eigenvalue weighted by Crippen LogP contribution is 2.48. The van der Waals surface area contributed by atoms with Crippen LogP contribution in [0.2, 0.25) is 0 Å². The van der Waals surface area contributed by atoms with Gasteiger partial charge in [0.25, 0.3) is 0 Å². The highest BCUT2D eigenvalue weighted by molar-refractivity contribution is 7.53. The fraction of sp³-hybridized carbons (Fsp3) is 0.643. The van der Waals surface area contributed by atoms with E-state index in [0.29, 0.717) is 19.5 Å². The van der Waals surface area contributed by atoms with Crippen molar-refractivity contribution in [3.05, 3.63) is 30.1 Å². The van der Waals surface area contributed by atoms with Crippen LogP contribution in [0.1, 0.15) is 26.5 Å². The Morgan fingerprint density at radius 3 is 2.40 bits per heavy atom. The molecule has 0 aliphatic carbocycles. The van der Waals surface area contributed by atoms with Crippen molar-refractivity contribution >= 4 is 7.60 Å². The van der Waals surface area contributed by atoms with Gasteiger partial charge in [-0.05, 0) is 32.5 Å². The average Bonchev–Trinajstić information content (AvgIpc) is 2.45. The Kier molecular flexibility index (Phi) is 8.00. The van der Waals surface area contributed by atoms with Crippen LogP contribution >= 0.6 is 7.60 Å². The lowest BCUT2D eigenvalue weighted by molar-refractivity contribution is 0.198. The first kappa shape index (κ1) is 17.3. The monoisotopic (exact) mass is 300 g/mol. The van der Waals surface area contributed by atoms with Crippen LogP contribution in [0, 0.1) is 0 Å². The van der Waals surface area contributed by atoms with Crippen LogP contribution in [0.25, 0.3) is 0 Å². The molecule has 20 heavy (non-hydrogen) atoms. The zero-order chi connectivity index (χ0) is 14.8. The van der Waals surface area contributed by atoms with Gasteiger partial charge in [0.05, 0.1) is 13.2 Å². The highest BCUT2D eigenvalue weighted by Gasteiger charge is 2.26. The van der Waals surface area contributed by atoms with Crippen LogP contribution in [0.5, 0.6) is 0 Å². The molecule has 0 radical (unpaired) electrons. The van der Waals surface area contributed by atoms with Crippen molar-refractivity contribution in [1.82, 2.24) is 9.88 Å². The minimum absolute atomic E-state index is 0.331. The van der Waals surface area contributed by atoms with E-state index in [-0.39, 0.29) is 0 Å². The maximum Gasteiger partial charge on any atom is 0.344 e.